The van der Waals surface area contributed by atoms with Crippen LogP contribution in [0.15, 0.2) is 194 Å². The maximum Gasteiger partial charge on any atom is 0.0795 e. The third kappa shape index (κ3) is 5.09. The van der Waals surface area contributed by atoms with Crippen molar-refractivity contribution in [1.29, 1.82) is 0 Å². The Morgan fingerprint density at radius 3 is 1.57 bits per heavy atom. The normalized spacial score (nSPS) is 11.7. The van der Waals surface area contributed by atoms with Gasteiger partial charge in [-0.2, -0.15) is 0 Å². The third-order valence-corrected chi connectivity index (χ3v) is 12.6. The zero-order chi connectivity index (χ0) is 33.7. The maximum absolute atomic E-state index is 5.46. The molecule has 8 aromatic carbocycles. The number of fused-ring (bicyclic) bond motifs is 5. The standard InChI is InChI=1S/C49H32NP/c1-5-14-34(15-6-1)44-32-46-45-31-37-25-24-36(33-26-28-40(29-27-33)51(38-18-9-3-10-19-38)39-20-11-4-12-21-39)30-43(37)41-22-13-23-42(47(41)45)49(46)50-48(44)35-16-7-2-8-17-35/h1-32H. The smallest absolute Gasteiger partial charge is 0.0795 e. The van der Waals surface area contributed by atoms with E-state index in [-0.39, 0.29) is 0 Å². The Kier molecular flexibility index (Phi) is 7.19. The van der Waals surface area contributed by atoms with Crippen molar-refractivity contribution in [2.24, 2.45) is 0 Å². The Morgan fingerprint density at radius 2 is 0.902 bits per heavy atom. The summed E-state index contributed by atoms with van der Waals surface area (Å²) in [5.41, 5.74) is 11.7. The van der Waals surface area contributed by atoms with Gasteiger partial charge in [-0.05, 0) is 85.8 Å². The van der Waals surface area contributed by atoms with E-state index in [0.717, 1.165) is 22.5 Å². The fourth-order valence-electron chi connectivity index (χ4n) is 7.78. The fourth-order valence-corrected chi connectivity index (χ4v) is 10.1. The van der Waals surface area contributed by atoms with Crippen molar-refractivity contribution in [1.82, 2.24) is 4.98 Å². The number of hydrogen-bond donors (Lipinski definition) is 0. The van der Waals surface area contributed by atoms with E-state index in [0.29, 0.717) is 0 Å². The number of hydrogen-bond acceptors (Lipinski definition) is 1. The van der Waals surface area contributed by atoms with E-state index in [2.05, 4.69) is 194 Å². The van der Waals surface area contributed by atoms with Crippen LogP contribution >= 0.6 is 7.92 Å². The van der Waals surface area contributed by atoms with E-state index in [1.807, 2.05) is 0 Å². The van der Waals surface area contributed by atoms with Crippen molar-refractivity contribution in [2.45, 2.75) is 0 Å². The lowest BCUT2D eigenvalue weighted by atomic mass is 9.93. The number of aromatic nitrogens is 1. The number of benzene rings is 8. The van der Waals surface area contributed by atoms with Gasteiger partial charge in [0, 0.05) is 22.3 Å². The minimum absolute atomic E-state index is 0.643. The van der Waals surface area contributed by atoms with Crippen molar-refractivity contribution in [3.05, 3.63) is 194 Å². The highest BCUT2D eigenvalue weighted by Crippen LogP contribution is 2.51. The Balaban J connectivity index is 1.09. The van der Waals surface area contributed by atoms with E-state index < -0.39 is 7.92 Å². The molecular weight excluding hydrogens is 634 g/mol. The fraction of sp³-hybridized carbons (Fsp3) is 0. The zero-order valence-electron chi connectivity index (χ0n) is 27.9. The molecule has 9 aromatic rings. The van der Waals surface area contributed by atoms with Crippen LogP contribution in [0.4, 0.5) is 0 Å². The lowest BCUT2D eigenvalue weighted by Crippen LogP contribution is -2.20. The van der Waals surface area contributed by atoms with Crippen molar-refractivity contribution in [3.63, 3.8) is 0 Å². The first kappa shape index (κ1) is 29.7. The van der Waals surface area contributed by atoms with Gasteiger partial charge in [0.25, 0.3) is 0 Å². The Bertz CT molecular complexity index is 2670. The van der Waals surface area contributed by atoms with Gasteiger partial charge in [0.1, 0.15) is 0 Å². The Morgan fingerprint density at radius 1 is 0.314 bits per heavy atom. The van der Waals surface area contributed by atoms with Crippen LogP contribution < -0.4 is 15.9 Å². The SMILES string of the molecule is c1ccc(-c2cc3c(nc2-c2ccccc2)-c2cccc4c2c-3cc2ccc(-c3ccc(P(c5ccccc5)c5ccccc5)cc3)cc24)cc1. The second-order valence-electron chi connectivity index (χ2n) is 13.2. The van der Waals surface area contributed by atoms with Gasteiger partial charge in [0.15, 0.2) is 0 Å². The third-order valence-electron chi connectivity index (χ3n) is 10.2. The van der Waals surface area contributed by atoms with Crippen LogP contribution in [-0.4, -0.2) is 4.98 Å². The summed E-state index contributed by atoms with van der Waals surface area (Å²) in [6.07, 6.45) is 0. The van der Waals surface area contributed by atoms with Crippen LogP contribution in [0.1, 0.15) is 0 Å². The van der Waals surface area contributed by atoms with E-state index in [4.69, 9.17) is 4.98 Å². The highest BCUT2D eigenvalue weighted by atomic mass is 31.1. The van der Waals surface area contributed by atoms with Crippen LogP contribution in [0.3, 0.4) is 0 Å². The number of pyridine rings is 1. The molecule has 10 rings (SSSR count). The lowest BCUT2D eigenvalue weighted by Gasteiger charge is -2.19. The van der Waals surface area contributed by atoms with E-state index in [1.54, 1.807) is 0 Å². The first-order valence-electron chi connectivity index (χ1n) is 17.5. The average Bonchev–Trinajstić information content (AvgIpc) is 3.52. The molecule has 1 aliphatic rings. The number of rotatable bonds is 6. The van der Waals surface area contributed by atoms with E-state index in [1.165, 1.54) is 70.8 Å². The minimum Gasteiger partial charge on any atom is -0.246 e. The molecule has 2 heteroatoms. The molecule has 0 bridgehead atoms. The van der Waals surface area contributed by atoms with Crippen LogP contribution in [0.2, 0.25) is 0 Å². The molecule has 0 amide bonds. The Labute approximate surface area is 299 Å². The molecule has 0 atom stereocenters. The van der Waals surface area contributed by atoms with E-state index in [9.17, 15) is 0 Å². The Hall–Kier alpha value is -6.14. The molecule has 0 unspecified atom stereocenters. The molecule has 0 saturated heterocycles. The average molecular weight is 666 g/mol. The first-order valence-corrected chi connectivity index (χ1v) is 18.8. The van der Waals surface area contributed by atoms with Gasteiger partial charge in [0.2, 0.25) is 0 Å². The molecule has 51 heavy (non-hydrogen) atoms. The minimum atomic E-state index is -0.643. The molecule has 0 N–H and O–H groups in total. The number of nitrogens with zero attached hydrogens (tertiary/aromatic N) is 1. The predicted molar refractivity (Wildman–Crippen MR) is 219 cm³/mol. The topological polar surface area (TPSA) is 12.9 Å². The van der Waals surface area contributed by atoms with Gasteiger partial charge in [-0.15, -0.1) is 0 Å². The maximum atomic E-state index is 5.46. The second-order valence-corrected chi connectivity index (χ2v) is 15.4. The van der Waals surface area contributed by atoms with Crippen LogP contribution in [-0.2, 0) is 0 Å². The van der Waals surface area contributed by atoms with Gasteiger partial charge < -0.3 is 0 Å². The van der Waals surface area contributed by atoms with Gasteiger partial charge >= 0.3 is 0 Å². The highest BCUT2D eigenvalue weighted by molar-refractivity contribution is 7.79. The summed E-state index contributed by atoms with van der Waals surface area (Å²) in [5, 5.41) is 9.16. The van der Waals surface area contributed by atoms with Crippen molar-refractivity contribution >= 4 is 45.4 Å². The summed E-state index contributed by atoms with van der Waals surface area (Å²) in [6.45, 7) is 0. The molecule has 0 aliphatic heterocycles. The molecular formula is C49H32NP. The molecule has 238 valence electrons. The molecule has 0 fully saturated rings. The van der Waals surface area contributed by atoms with Crippen molar-refractivity contribution in [2.75, 3.05) is 0 Å². The lowest BCUT2D eigenvalue weighted by molar-refractivity contribution is 1.34. The summed E-state index contributed by atoms with van der Waals surface area (Å²) < 4.78 is 0. The van der Waals surface area contributed by atoms with Gasteiger partial charge in [0.05, 0.1) is 11.4 Å². The second kappa shape index (κ2) is 12.3. The van der Waals surface area contributed by atoms with Crippen molar-refractivity contribution in [3.8, 4) is 55.9 Å². The molecule has 1 aliphatic carbocycles. The van der Waals surface area contributed by atoms with Crippen molar-refractivity contribution < 1.29 is 0 Å². The van der Waals surface area contributed by atoms with Gasteiger partial charge in [-0.3, -0.25) is 0 Å². The summed E-state index contributed by atoms with van der Waals surface area (Å²) in [7, 11) is -0.643. The highest BCUT2D eigenvalue weighted by Gasteiger charge is 2.27. The molecule has 1 aromatic heterocycles. The molecule has 0 radical (unpaired) electrons. The molecule has 1 heterocycles. The molecule has 1 nitrogen and oxygen atoms in total. The summed E-state index contributed by atoms with van der Waals surface area (Å²) in [6, 6.07) is 70.8. The van der Waals surface area contributed by atoms with E-state index >= 15 is 0 Å². The monoisotopic (exact) mass is 665 g/mol. The van der Waals surface area contributed by atoms with Crippen LogP contribution in [0.25, 0.3) is 77.4 Å². The summed E-state index contributed by atoms with van der Waals surface area (Å²) >= 11 is 0. The predicted octanol–water partition coefficient (Wildman–Crippen LogP) is 11.8. The largest absolute Gasteiger partial charge is 0.246 e. The quantitative estimate of drug-likeness (QED) is 0.127. The zero-order valence-corrected chi connectivity index (χ0v) is 28.8. The summed E-state index contributed by atoms with van der Waals surface area (Å²) in [4.78, 5) is 5.46. The molecule has 0 spiro atoms. The van der Waals surface area contributed by atoms with Crippen LogP contribution in [0, 0.1) is 0 Å². The van der Waals surface area contributed by atoms with Crippen LogP contribution in [0.5, 0.6) is 0 Å². The molecule has 0 saturated carbocycles. The van der Waals surface area contributed by atoms with Gasteiger partial charge in [-0.25, -0.2) is 4.98 Å². The first-order chi connectivity index (χ1) is 25.3. The summed E-state index contributed by atoms with van der Waals surface area (Å²) in [5.74, 6) is 0. The van der Waals surface area contributed by atoms with Gasteiger partial charge in [-0.1, -0.05) is 176 Å².